The zero-order valence-corrected chi connectivity index (χ0v) is 12.4. The van der Waals surface area contributed by atoms with E-state index in [0.29, 0.717) is 0 Å². The summed E-state index contributed by atoms with van der Waals surface area (Å²) < 4.78 is 1.07. The van der Waals surface area contributed by atoms with E-state index >= 15 is 0 Å². The number of rotatable bonds is 5. The topological polar surface area (TPSA) is 12.0 Å². The largest absolute Gasteiger partial charge is 0.312 e. The van der Waals surface area contributed by atoms with Gasteiger partial charge in [-0.05, 0) is 59.1 Å². The molecule has 0 aliphatic carbocycles. The molecule has 0 aliphatic rings. The van der Waals surface area contributed by atoms with Crippen LogP contribution in [-0.4, -0.2) is 6.54 Å². The van der Waals surface area contributed by atoms with E-state index in [1.807, 2.05) is 12.1 Å². The second-order valence-electron chi connectivity index (χ2n) is 3.79. The van der Waals surface area contributed by atoms with Crippen LogP contribution in [0.25, 0.3) is 0 Å². The SMILES string of the molecule is Clc1ccc(Br)cc1CNCCc1ccsc1. The molecule has 0 bridgehead atoms. The third-order valence-corrected chi connectivity index (χ3v) is 4.09. The van der Waals surface area contributed by atoms with Crippen molar-refractivity contribution in [2.75, 3.05) is 6.54 Å². The average Bonchev–Trinajstić information content (AvgIpc) is 2.82. The number of nitrogens with one attached hydrogen (secondary N) is 1. The Morgan fingerprint density at radius 3 is 2.94 bits per heavy atom. The van der Waals surface area contributed by atoms with Gasteiger partial charge >= 0.3 is 0 Å². The highest BCUT2D eigenvalue weighted by Gasteiger charge is 2.00. The number of hydrogen-bond donors (Lipinski definition) is 1. The molecule has 0 unspecified atom stereocenters. The van der Waals surface area contributed by atoms with E-state index in [-0.39, 0.29) is 0 Å². The molecule has 0 fully saturated rings. The van der Waals surface area contributed by atoms with Gasteiger partial charge in [0.1, 0.15) is 0 Å². The van der Waals surface area contributed by atoms with Crippen LogP contribution < -0.4 is 5.32 Å². The molecule has 4 heteroatoms. The quantitative estimate of drug-likeness (QED) is 0.796. The number of hydrogen-bond acceptors (Lipinski definition) is 2. The van der Waals surface area contributed by atoms with Crippen LogP contribution in [0, 0.1) is 0 Å². The molecule has 1 aromatic heterocycles. The van der Waals surface area contributed by atoms with Crippen LogP contribution in [0.3, 0.4) is 0 Å². The number of thiophene rings is 1. The molecule has 1 nitrogen and oxygen atoms in total. The van der Waals surface area contributed by atoms with Gasteiger partial charge in [0.2, 0.25) is 0 Å². The summed E-state index contributed by atoms with van der Waals surface area (Å²) in [4.78, 5) is 0. The standard InChI is InChI=1S/C13H13BrClNS/c14-12-1-2-13(15)11(7-12)8-16-5-3-10-4-6-17-9-10/h1-2,4,6-7,9,16H,3,5,8H2. The molecule has 0 amide bonds. The highest BCUT2D eigenvalue weighted by Crippen LogP contribution is 2.20. The monoisotopic (exact) mass is 329 g/mol. The van der Waals surface area contributed by atoms with Crippen LogP contribution in [0.1, 0.15) is 11.1 Å². The van der Waals surface area contributed by atoms with E-state index in [1.54, 1.807) is 11.3 Å². The van der Waals surface area contributed by atoms with E-state index < -0.39 is 0 Å². The van der Waals surface area contributed by atoms with Gasteiger partial charge in [-0.3, -0.25) is 0 Å². The second kappa shape index (κ2) is 6.55. The summed E-state index contributed by atoms with van der Waals surface area (Å²) in [5, 5.41) is 8.52. The molecule has 0 aliphatic heterocycles. The van der Waals surface area contributed by atoms with Gasteiger partial charge < -0.3 is 5.32 Å². The first kappa shape index (κ1) is 13.1. The average molecular weight is 331 g/mol. The lowest BCUT2D eigenvalue weighted by molar-refractivity contribution is 0.687. The van der Waals surface area contributed by atoms with Crippen LogP contribution in [0.15, 0.2) is 39.5 Å². The Balaban J connectivity index is 1.80. The maximum atomic E-state index is 6.12. The predicted molar refractivity (Wildman–Crippen MR) is 78.9 cm³/mol. The lowest BCUT2D eigenvalue weighted by Gasteiger charge is -2.06. The van der Waals surface area contributed by atoms with Crippen LogP contribution in [0.4, 0.5) is 0 Å². The van der Waals surface area contributed by atoms with Crippen LogP contribution >= 0.6 is 38.9 Å². The fraction of sp³-hybridized carbons (Fsp3) is 0.231. The van der Waals surface area contributed by atoms with Gasteiger partial charge in [0, 0.05) is 16.0 Å². The summed E-state index contributed by atoms with van der Waals surface area (Å²) in [6.45, 7) is 1.78. The van der Waals surface area contributed by atoms with Gasteiger partial charge in [-0.25, -0.2) is 0 Å². The summed E-state index contributed by atoms with van der Waals surface area (Å²) in [6, 6.07) is 8.09. The molecule has 17 heavy (non-hydrogen) atoms. The summed E-state index contributed by atoms with van der Waals surface area (Å²) in [6.07, 6.45) is 1.06. The minimum Gasteiger partial charge on any atom is -0.312 e. The smallest absolute Gasteiger partial charge is 0.0451 e. The second-order valence-corrected chi connectivity index (χ2v) is 5.90. The fourth-order valence-electron chi connectivity index (χ4n) is 1.57. The Bertz CT molecular complexity index is 470. The molecule has 2 rings (SSSR count). The molecule has 1 heterocycles. The van der Waals surface area contributed by atoms with Crippen LogP contribution in [0.5, 0.6) is 0 Å². The van der Waals surface area contributed by atoms with Crippen LogP contribution in [-0.2, 0) is 13.0 Å². The van der Waals surface area contributed by atoms with E-state index in [2.05, 4.69) is 44.1 Å². The van der Waals surface area contributed by atoms with Gasteiger partial charge in [0.05, 0.1) is 0 Å². The zero-order valence-electron chi connectivity index (χ0n) is 9.25. The Labute approximate surface area is 119 Å². The molecule has 1 N–H and O–H groups in total. The molecular formula is C13H13BrClNS. The fourth-order valence-corrected chi connectivity index (χ4v) is 2.87. The maximum absolute atomic E-state index is 6.12. The van der Waals surface area contributed by atoms with Crippen molar-refractivity contribution < 1.29 is 0 Å². The van der Waals surface area contributed by atoms with Gasteiger partial charge in [-0.15, -0.1) is 0 Å². The first-order valence-electron chi connectivity index (χ1n) is 5.41. The van der Waals surface area contributed by atoms with E-state index in [9.17, 15) is 0 Å². The minimum atomic E-state index is 0.808. The molecule has 0 spiro atoms. The molecular weight excluding hydrogens is 318 g/mol. The zero-order chi connectivity index (χ0) is 12.1. The first-order chi connectivity index (χ1) is 8.25. The minimum absolute atomic E-state index is 0.808. The Morgan fingerprint density at radius 2 is 2.18 bits per heavy atom. The Morgan fingerprint density at radius 1 is 1.29 bits per heavy atom. The normalized spacial score (nSPS) is 10.7. The lowest BCUT2D eigenvalue weighted by atomic mass is 10.2. The van der Waals surface area contributed by atoms with Gasteiger partial charge in [-0.2, -0.15) is 11.3 Å². The van der Waals surface area contributed by atoms with Crippen LogP contribution in [0.2, 0.25) is 5.02 Å². The summed E-state index contributed by atoms with van der Waals surface area (Å²) >= 11 is 11.3. The molecule has 1 aromatic carbocycles. The Hall–Kier alpha value is -0.350. The third kappa shape index (κ3) is 4.11. The molecule has 0 atom stereocenters. The van der Waals surface area contributed by atoms with Crippen molar-refractivity contribution in [2.24, 2.45) is 0 Å². The molecule has 2 aromatic rings. The lowest BCUT2D eigenvalue weighted by Crippen LogP contribution is -2.16. The van der Waals surface area contributed by atoms with E-state index in [1.165, 1.54) is 5.56 Å². The molecule has 90 valence electrons. The summed E-state index contributed by atoms with van der Waals surface area (Å²) in [5.41, 5.74) is 2.52. The van der Waals surface area contributed by atoms with E-state index in [0.717, 1.165) is 34.6 Å². The van der Waals surface area contributed by atoms with E-state index in [4.69, 9.17) is 11.6 Å². The Kier molecular flexibility index (Phi) is 5.04. The predicted octanol–water partition coefficient (Wildman–Crippen LogP) is 4.50. The summed E-state index contributed by atoms with van der Waals surface area (Å²) in [5.74, 6) is 0. The van der Waals surface area contributed by atoms with Crippen molar-refractivity contribution in [3.63, 3.8) is 0 Å². The number of benzene rings is 1. The number of halogens is 2. The van der Waals surface area contributed by atoms with Crippen molar-refractivity contribution in [2.45, 2.75) is 13.0 Å². The highest BCUT2D eigenvalue weighted by atomic mass is 79.9. The molecule has 0 saturated carbocycles. The third-order valence-electron chi connectivity index (χ3n) is 2.49. The van der Waals surface area contributed by atoms with Gasteiger partial charge in [-0.1, -0.05) is 27.5 Å². The van der Waals surface area contributed by atoms with Crippen molar-refractivity contribution in [1.29, 1.82) is 0 Å². The van der Waals surface area contributed by atoms with Crippen molar-refractivity contribution in [3.8, 4) is 0 Å². The van der Waals surface area contributed by atoms with Gasteiger partial charge in [0.25, 0.3) is 0 Å². The maximum Gasteiger partial charge on any atom is 0.0451 e. The highest BCUT2D eigenvalue weighted by molar-refractivity contribution is 9.10. The molecule has 0 saturated heterocycles. The molecule has 0 radical (unpaired) electrons. The van der Waals surface area contributed by atoms with Gasteiger partial charge in [0.15, 0.2) is 0 Å². The summed E-state index contributed by atoms with van der Waals surface area (Å²) in [7, 11) is 0. The van der Waals surface area contributed by atoms with Crippen molar-refractivity contribution >= 4 is 38.9 Å². The van der Waals surface area contributed by atoms with Crippen molar-refractivity contribution in [1.82, 2.24) is 5.32 Å². The first-order valence-corrected chi connectivity index (χ1v) is 7.53. The van der Waals surface area contributed by atoms with Crippen molar-refractivity contribution in [3.05, 3.63) is 55.6 Å².